The predicted octanol–water partition coefficient (Wildman–Crippen LogP) is 1.33. The lowest BCUT2D eigenvalue weighted by molar-refractivity contribution is -0.131. The fourth-order valence-electron chi connectivity index (χ4n) is 3.40. The normalized spacial score (nSPS) is 14.1. The van der Waals surface area contributed by atoms with Gasteiger partial charge in [0, 0.05) is 52.2 Å². The van der Waals surface area contributed by atoms with E-state index in [1.165, 1.54) is 4.90 Å². The summed E-state index contributed by atoms with van der Waals surface area (Å²) in [5, 5.41) is 7.66. The van der Waals surface area contributed by atoms with Crippen molar-refractivity contribution < 1.29 is 9.59 Å². The SMILES string of the molecule is CN(C)C(=O)c1cn2ccc(C3=CCCN(C(=O)CCn4ccnn4)C3)cc2n1. The van der Waals surface area contributed by atoms with E-state index in [4.69, 9.17) is 0 Å². The maximum Gasteiger partial charge on any atom is 0.273 e. The van der Waals surface area contributed by atoms with Gasteiger partial charge in [0.15, 0.2) is 0 Å². The zero-order chi connectivity index (χ0) is 20.4. The van der Waals surface area contributed by atoms with Crippen LogP contribution in [0.5, 0.6) is 0 Å². The number of imidazole rings is 1. The van der Waals surface area contributed by atoms with Gasteiger partial charge in [-0.3, -0.25) is 14.3 Å². The van der Waals surface area contributed by atoms with Crippen LogP contribution < -0.4 is 0 Å². The van der Waals surface area contributed by atoms with E-state index in [0.717, 1.165) is 17.6 Å². The van der Waals surface area contributed by atoms with Crippen molar-refractivity contribution in [2.45, 2.75) is 19.4 Å². The van der Waals surface area contributed by atoms with Gasteiger partial charge in [-0.15, -0.1) is 5.10 Å². The average molecular weight is 393 g/mol. The number of nitrogens with zero attached hydrogens (tertiary/aromatic N) is 7. The zero-order valence-corrected chi connectivity index (χ0v) is 16.5. The van der Waals surface area contributed by atoms with E-state index in [2.05, 4.69) is 21.4 Å². The number of aryl methyl sites for hydroxylation is 1. The Kier molecular flexibility index (Phi) is 5.11. The lowest BCUT2D eigenvalue weighted by Crippen LogP contribution is -2.35. The van der Waals surface area contributed by atoms with E-state index >= 15 is 0 Å². The summed E-state index contributed by atoms with van der Waals surface area (Å²) in [5.41, 5.74) is 3.23. The molecule has 0 spiro atoms. The second-order valence-electron chi connectivity index (χ2n) is 7.26. The Hall–Kier alpha value is -3.49. The van der Waals surface area contributed by atoms with Gasteiger partial charge in [0.05, 0.1) is 12.7 Å². The molecule has 4 rings (SSSR count). The third-order valence-electron chi connectivity index (χ3n) is 4.99. The summed E-state index contributed by atoms with van der Waals surface area (Å²) in [6.07, 6.45) is 10.4. The molecule has 9 nitrogen and oxygen atoms in total. The fraction of sp³-hybridized carbons (Fsp3) is 0.350. The molecule has 0 aliphatic carbocycles. The molecule has 0 bridgehead atoms. The van der Waals surface area contributed by atoms with Crippen LogP contribution in [0, 0.1) is 0 Å². The standard InChI is InChI=1S/C20H23N7O2/c1-24(2)20(29)17-14-25-9-5-15(12-18(25)22-17)16-4-3-8-26(13-16)19(28)6-10-27-11-7-21-23-27/h4-5,7,9,11-12,14H,3,6,8,10,13H2,1-2H3. The highest BCUT2D eigenvalue weighted by molar-refractivity contribution is 5.92. The first-order valence-corrected chi connectivity index (χ1v) is 9.53. The maximum absolute atomic E-state index is 12.6. The third kappa shape index (κ3) is 4.03. The van der Waals surface area contributed by atoms with Crippen LogP contribution in [0.4, 0.5) is 0 Å². The lowest BCUT2D eigenvalue weighted by atomic mass is 10.0. The average Bonchev–Trinajstić information content (AvgIpc) is 3.40. The predicted molar refractivity (Wildman–Crippen MR) is 107 cm³/mol. The first kappa shape index (κ1) is 18.9. The van der Waals surface area contributed by atoms with Crippen LogP contribution in [0.15, 0.2) is 43.0 Å². The van der Waals surface area contributed by atoms with Crippen LogP contribution in [0.1, 0.15) is 28.9 Å². The van der Waals surface area contributed by atoms with Crippen molar-refractivity contribution >= 4 is 23.0 Å². The first-order valence-electron chi connectivity index (χ1n) is 9.53. The molecule has 150 valence electrons. The molecule has 3 aromatic heterocycles. The van der Waals surface area contributed by atoms with Gasteiger partial charge in [0.1, 0.15) is 11.3 Å². The third-order valence-corrected chi connectivity index (χ3v) is 4.99. The van der Waals surface area contributed by atoms with Crippen LogP contribution in [0.2, 0.25) is 0 Å². The van der Waals surface area contributed by atoms with Gasteiger partial charge < -0.3 is 14.2 Å². The molecule has 29 heavy (non-hydrogen) atoms. The molecule has 0 fully saturated rings. The Labute approximate surface area is 168 Å². The van der Waals surface area contributed by atoms with Crippen molar-refractivity contribution in [3.8, 4) is 0 Å². The summed E-state index contributed by atoms with van der Waals surface area (Å²) in [6.45, 7) is 1.81. The van der Waals surface area contributed by atoms with Gasteiger partial charge in [-0.25, -0.2) is 4.98 Å². The number of rotatable bonds is 5. The minimum atomic E-state index is -0.128. The number of hydrogen-bond donors (Lipinski definition) is 0. The summed E-state index contributed by atoms with van der Waals surface area (Å²) in [6, 6.07) is 3.95. The van der Waals surface area contributed by atoms with Gasteiger partial charge in [-0.05, 0) is 29.7 Å². The number of amides is 2. The Morgan fingerprint density at radius 2 is 2.10 bits per heavy atom. The van der Waals surface area contributed by atoms with Gasteiger partial charge in [0.2, 0.25) is 5.91 Å². The second kappa shape index (κ2) is 7.86. The van der Waals surface area contributed by atoms with Crippen LogP contribution >= 0.6 is 0 Å². The molecule has 1 aliphatic heterocycles. The van der Waals surface area contributed by atoms with Crippen LogP contribution in [0.25, 0.3) is 11.2 Å². The molecule has 9 heteroatoms. The summed E-state index contributed by atoms with van der Waals surface area (Å²) in [4.78, 5) is 32.6. The molecule has 0 N–H and O–H groups in total. The molecular weight excluding hydrogens is 370 g/mol. The van der Waals surface area contributed by atoms with Crippen molar-refractivity contribution in [1.82, 2.24) is 34.2 Å². The summed E-state index contributed by atoms with van der Waals surface area (Å²) >= 11 is 0. The maximum atomic E-state index is 12.6. The van der Waals surface area contributed by atoms with Crippen LogP contribution in [0.3, 0.4) is 0 Å². The molecular formula is C20H23N7O2. The Bertz CT molecular complexity index is 1070. The van der Waals surface area contributed by atoms with Crippen molar-refractivity contribution in [3.05, 3.63) is 54.3 Å². The summed E-state index contributed by atoms with van der Waals surface area (Å²) < 4.78 is 3.50. The molecule has 0 atom stereocenters. The van der Waals surface area contributed by atoms with Crippen LogP contribution in [-0.2, 0) is 11.3 Å². The molecule has 0 unspecified atom stereocenters. The van der Waals surface area contributed by atoms with E-state index in [0.29, 0.717) is 37.4 Å². The molecule has 3 aromatic rings. The second-order valence-corrected chi connectivity index (χ2v) is 7.26. The molecule has 2 amide bonds. The van der Waals surface area contributed by atoms with Crippen molar-refractivity contribution in [2.75, 3.05) is 27.2 Å². The molecule has 0 aromatic carbocycles. The lowest BCUT2D eigenvalue weighted by Gasteiger charge is -2.27. The minimum Gasteiger partial charge on any atom is -0.343 e. The highest BCUT2D eigenvalue weighted by Gasteiger charge is 2.20. The van der Waals surface area contributed by atoms with Gasteiger partial charge in [-0.1, -0.05) is 11.3 Å². The number of pyridine rings is 1. The van der Waals surface area contributed by atoms with Crippen LogP contribution in [-0.4, -0.2) is 73.2 Å². The largest absolute Gasteiger partial charge is 0.343 e. The van der Waals surface area contributed by atoms with E-state index in [1.807, 2.05) is 27.6 Å². The number of aromatic nitrogens is 5. The van der Waals surface area contributed by atoms with Crippen molar-refractivity contribution in [1.29, 1.82) is 0 Å². The van der Waals surface area contributed by atoms with Gasteiger partial charge in [-0.2, -0.15) is 0 Å². The highest BCUT2D eigenvalue weighted by atomic mass is 16.2. The number of carbonyl (C=O) groups excluding carboxylic acids is 2. The molecule has 1 aliphatic rings. The number of hydrogen-bond acceptors (Lipinski definition) is 5. The minimum absolute atomic E-state index is 0.104. The number of carbonyl (C=O) groups is 2. The fourth-order valence-corrected chi connectivity index (χ4v) is 3.40. The van der Waals surface area contributed by atoms with E-state index in [9.17, 15) is 9.59 Å². The quantitative estimate of drug-likeness (QED) is 0.653. The van der Waals surface area contributed by atoms with E-state index in [-0.39, 0.29) is 11.8 Å². The summed E-state index contributed by atoms with van der Waals surface area (Å²) in [7, 11) is 3.41. The Balaban J connectivity index is 1.47. The first-order chi connectivity index (χ1) is 14.0. The molecule has 0 radical (unpaired) electrons. The zero-order valence-electron chi connectivity index (χ0n) is 16.5. The van der Waals surface area contributed by atoms with Crippen molar-refractivity contribution in [3.63, 3.8) is 0 Å². The molecule has 0 saturated heterocycles. The number of fused-ring (bicyclic) bond motifs is 1. The van der Waals surface area contributed by atoms with Crippen molar-refractivity contribution in [2.24, 2.45) is 0 Å². The highest BCUT2D eigenvalue weighted by Crippen LogP contribution is 2.23. The monoisotopic (exact) mass is 393 g/mol. The molecule has 0 saturated carbocycles. The van der Waals surface area contributed by atoms with Gasteiger partial charge in [0.25, 0.3) is 5.91 Å². The van der Waals surface area contributed by atoms with E-state index in [1.54, 1.807) is 37.4 Å². The summed E-state index contributed by atoms with van der Waals surface area (Å²) in [5.74, 6) is -0.0249. The Morgan fingerprint density at radius 3 is 2.86 bits per heavy atom. The molecule has 4 heterocycles. The smallest absolute Gasteiger partial charge is 0.273 e. The topological polar surface area (TPSA) is 88.6 Å². The van der Waals surface area contributed by atoms with Gasteiger partial charge >= 0.3 is 0 Å². The Morgan fingerprint density at radius 1 is 1.24 bits per heavy atom. The van der Waals surface area contributed by atoms with E-state index < -0.39 is 0 Å².